The number of aromatic nitrogens is 2. The lowest BCUT2D eigenvalue weighted by molar-refractivity contribution is -0.137. The van der Waals surface area contributed by atoms with E-state index < -0.39 is 17.8 Å². The number of hydrogen-bond donors (Lipinski definition) is 3. The number of nitrogens with zero attached hydrogens (tertiary/aromatic N) is 2. The minimum Gasteiger partial charge on any atom is -0.507 e. The minimum atomic E-state index is -4.55. The molecule has 1 heterocycles. The molecule has 2 amide bonds. The third-order valence-electron chi connectivity index (χ3n) is 4.72. The molecule has 0 aliphatic rings. The molecule has 4 rings (SSSR count). The Kier molecular flexibility index (Phi) is 8.44. The molecule has 12 heteroatoms. The zero-order valence-electron chi connectivity index (χ0n) is 18.8. The normalized spacial score (nSPS) is 10.9. The highest BCUT2D eigenvalue weighted by Gasteiger charge is 2.31. The number of amides is 2. The molecule has 4 aromatic rings. The molecule has 0 radical (unpaired) electrons. The second-order valence-electron chi connectivity index (χ2n) is 7.27. The Morgan fingerprint density at radius 1 is 0.944 bits per heavy atom. The van der Waals surface area contributed by atoms with Gasteiger partial charge in [-0.2, -0.15) is 13.2 Å². The van der Waals surface area contributed by atoms with E-state index in [4.69, 9.17) is 27.9 Å². The van der Waals surface area contributed by atoms with Crippen LogP contribution >= 0.6 is 23.2 Å². The third-order valence-corrected chi connectivity index (χ3v) is 5.08. The van der Waals surface area contributed by atoms with Crippen molar-refractivity contribution < 1.29 is 27.8 Å². The lowest BCUT2D eigenvalue weighted by atomic mass is 10.1. The summed E-state index contributed by atoms with van der Waals surface area (Å²) < 4.78 is 43.7. The van der Waals surface area contributed by atoms with Crippen LogP contribution in [0.4, 0.5) is 29.3 Å². The van der Waals surface area contributed by atoms with Gasteiger partial charge in [-0.05, 0) is 54.9 Å². The van der Waals surface area contributed by atoms with Crippen molar-refractivity contribution in [2.45, 2.75) is 13.1 Å². The first kappa shape index (κ1) is 26.8. The summed E-state index contributed by atoms with van der Waals surface area (Å²) >= 11 is 11.0. The molecule has 0 spiro atoms. The van der Waals surface area contributed by atoms with E-state index in [1.54, 1.807) is 37.3 Å². The maximum absolute atomic E-state index is 12.9. The summed E-state index contributed by atoms with van der Waals surface area (Å²) in [5.41, 5.74) is 0.147. The summed E-state index contributed by atoms with van der Waals surface area (Å²) in [5.74, 6) is 0.143. The number of nitrogens with one attached hydrogen (secondary N) is 2. The Morgan fingerprint density at radius 2 is 1.61 bits per heavy atom. The largest absolute Gasteiger partial charge is 0.507 e. The van der Waals surface area contributed by atoms with Gasteiger partial charge in [-0.25, -0.2) is 14.8 Å². The van der Waals surface area contributed by atoms with Gasteiger partial charge in [0, 0.05) is 16.5 Å². The van der Waals surface area contributed by atoms with Crippen LogP contribution in [0.3, 0.4) is 0 Å². The molecule has 3 aromatic carbocycles. The van der Waals surface area contributed by atoms with Gasteiger partial charge in [0.25, 0.3) is 0 Å². The molecule has 3 N–H and O–H groups in total. The average molecular weight is 539 g/mol. The van der Waals surface area contributed by atoms with Crippen molar-refractivity contribution in [1.82, 2.24) is 9.97 Å². The molecular weight excluding hydrogens is 520 g/mol. The number of carbonyl (C=O) groups excluding carboxylic acids is 1. The summed E-state index contributed by atoms with van der Waals surface area (Å²) in [5, 5.41) is 16.5. The van der Waals surface area contributed by atoms with E-state index in [0.717, 1.165) is 23.9 Å². The monoisotopic (exact) mass is 538 g/mol. The molecule has 0 aliphatic carbocycles. The van der Waals surface area contributed by atoms with Gasteiger partial charge in [-0.1, -0.05) is 35.9 Å². The second-order valence-corrected chi connectivity index (χ2v) is 8.00. The number of rotatable bonds is 3. The third kappa shape index (κ3) is 6.89. The number of alkyl halides is 3. The van der Waals surface area contributed by atoms with E-state index in [-0.39, 0.29) is 22.5 Å². The van der Waals surface area contributed by atoms with Gasteiger partial charge in [0.05, 0.1) is 24.0 Å². The van der Waals surface area contributed by atoms with Crippen LogP contribution in [0.25, 0.3) is 10.8 Å². The smallest absolute Gasteiger partial charge is 0.416 e. The van der Waals surface area contributed by atoms with Gasteiger partial charge in [0.15, 0.2) is 0 Å². The number of methoxy groups -OCH3 is 1. The van der Waals surface area contributed by atoms with Gasteiger partial charge in [-0.3, -0.25) is 0 Å². The number of halogens is 5. The highest BCUT2D eigenvalue weighted by molar-refractivity contribution is 6.31. The molecule has 0 saturated heterocycles. The molecule has 36 heavy (non-hydrogen) atoms. The molecule has 0 fully saturated rings. The first-order chi connectivity index (χ1) is 17.0. The summed E-state index contributed by atoms with van der Waals surface area (Å²) in [6.07, 6.45) is -4.55. The fraction of sp³-hybridized carbons (Fsp3) is 0.125. The molecular formula is C24H19Cl2F3N4O3. The van der Waals surface area contributed by atoms with Crippen LogP contribution in [0, 0.1) is 6.92 Å². The number of phenols is 1. The number of carbonyl (C=O) groups is 1. The van der Waals surface area contributed by atoms with E-state index in [1.807, 2.05) is 0 Å². The van der Waals surface area contributed by atoms with E-state index in [2.05, 4.69) is 20.6 Å². The molecule has 0 unspecified atom stereocenters. The Bertz CT molecular complexity index is 1350. The highest BCUT2D eigenvalue weighted by atomic mass is 35.5. The predicted octanol–water partition coefficient (Wildman–Crippen LogP) is 7.31. The van der Waals surface area contributed by atoms with Crippen molar-refractivity contribution in [2.75, 3.05) is 17.7 Å². The summed E-state index contributed by atoms with van der Waals surface area (Å²) in [4.78, 5) is 19.8. The number of ether oxygens (including phenoxy) is 1. The van der Waals surface area contributed by atoms with Crippen molar-refractivity contribution in [1.29, 1.82) is 0 Å². The molecule has 188 valence electrons. The van der Waals surface area contributed by atoms with Crippen LogP contribution in [0.2, 0.25) is 10.4 Å². The summed E-state index contributed by atoms with van der Waals surface area (Å²) in [7, 11) is 1.29. The molecule has 7 nitrogen and oxygen atoms in total. The van der Waals surface area contributed by atoms with Crippen molar-refractivity contribution in [3.8, 4) is 11.5 Å². The Morgan fingerprint density at radius 3 is 2.22 bits per heavy atom. The average Bonchev–Trinajstić information content (AvgIpc) is 2.80. The Balaban J connectivity index is 0.000000338. The highest BCUT2D eigenvalue weighted by Crippen LogP contribution is 2.35. The van der Waals surface area contributed by atoms with Gasteiger partial charge in [0.1, 0.15) is 16.7 Å². The SMILES string of the molecule is COc1ccc(C(F)(F)F)cc1NC(=O)Nc1ccc(O)c2ccccc12.Cc1cc(Cl)nc(Cl)n1. The first-order valence-electron chi connectivity index (χ1n) is 10.2. The van der Waals surface area contributed by atoms with Crippen LogP contribution in [-0.4, -0.2) is 28.2 Å². The van der Waals surface area contributed by atoms with Crippen molar-refractivity contribution in [3.63, 3.8) is 0 Å². The van der Waals surface area contributed by atoms with Gasteiger partial charge < -0.3 is 20.5 Å². The fourth-order valence-electron chi connectivity index (χ4n) is 3.15. The van der Waals surface area contributed by atoms with Crippen molar-refractivity contribution >= 4 is 51.4 Å². The number of benzene rings is 3. The van der Waals surface area contributed by atoms with Crippen LogP contribution in [-0.2, 0) is 6.18 Å². The summed E-state index contributed by atoms with van der Waals surface area (Å²) in [6, 6.07) is 13.5. The number of anilines is 2. The number of phenolic OH excluding ortho intramolecular Hbond substituents is 1. The van der Waals surface area contributed by atoms with Crippen LogP contribution in [0.1, 0.15) is 11.3 Å². The maximum Gasteiger partial charge on any atom is 0.416 e. The maximum atomic E-state index is 12.9. The fourth-order valence-corrected chi connectivity index (χ4v) is 3.65. The standard InChI is InChI=1S/C19H15F3N2O3.C5H4Cl2N2/c1-27-17-9-6-11(19(20,21)22)10-15(17)24-18(26)23-14-7-8-16(25)13-5-3-2-4-12(13)14;1-3-2-4(6)9-5(7)8-3/h2-10,25H,1H3,(H2,23,24,26);2H,1H3. The van der Waals surface area contributed by atoms with Crippen molar-refractivity contribution in [3.05, 3.63) is 82.4 Å². The number of aromatic hydroxyl groups is 1. The molecule has 0 aliphatic heterocycles. The van der Waals surface area contributed by atoms with Gasteiger partial charge >= 0.3 is 12.2 Å². The summed E-state index contributed by atoms with van der Waals surface area (Å²) in [6.45, 7) is 1.80. The van der Waals surface area contributed by atoms with E-state index in [9.17, 15) is 23.1 Å². The lowest BCUT2D eigenvalue weighted by Gasteiger charge is -2.15. The van der Waals surface area contributed by atoms with E-state index >= 15 is 0 Å². The number of aryl methyl sites for hydroxylation is 1. The Labute approximate surface area is 213 Å². The number of urea groups is 1. The number of hydrogen-bond acceptors (Lipinski definition) is 5. The molecule has 0 bridgehead atoms. The van der Waals surface area contributed by atoms with Crippen LogP contribution in [0.5, 0.6) is 11.5 Å². The van der Waals surface area contributed by atoms with Crippen LogP contribution < -0.4 is 15.4 Å². The minimum absolute atomic E-state index is 0.0519. The van der Waals surface area contributed by atoms with Gasteiger partial charge in [0.2, 0.25) is 5.28 Å². The van der Waals surface area contributed by atoms with E-state index in [1.165, 1.54) is 19.2 Å². The predicted molar refractivity (Wildman–Crippen MR) is 133 cm³/mol. The quantitative estimate of drug-likeness (QED) is 0.144. The van der Waals surface area contributed by atoms with Crippen molar-refractivity contribution in [2.24, 2.45) is 0 Å². The number of fused-ring (bicyclic) bond motifs is 1. The lowest BCUT2D eigenvalue weighted by Crippen LogP contribution is -2.20. The Hall–Kier alpha value is -3.76. The first-order valence-corrected chi connectivity index (χ1v) is 10.9. The van der Waals surface area contributed by atoms with Crippen LogP contribution in [0.15, 0.2) is 60.7 Å². The zero-order valence-corrected chi connectivity index (χ0v) is 20.3. The van der Waals surface area contributed by atoms with E-state index in [0.29, 0.717) is 21.6 Å². The molecule has 0 atom stereocenters. The molecule has 1 aromatic heterocycles. The van der Waals surface area contributed by atoms with Gasteiger partial charge in [-0.15, -0.1) is 0 Å². The second kappa shape index (κ2) is 11.3. The molecule has 0 saturated carbocycles. The topological polar surface area (TPSA) is 96.4 Å². The zero-order chi connectivity index (χ0) is 26.5.